The summed E-state index contributed by atoms with van der Waals surface area (Å²) in [5.74, 6) is 1.09. The van der Waals surface area contributed by atoms with Crippen molar-refractivity contribution >= 4 is 11.7 Å². The minimum atomic E-state index is -0.488. The molecular formula is C16H24N2O4. The van der Waals surface area contributed by atoms with Crippen LogP contribution in [-0.2, 0) is 4.74 Å². The highest BCUT2D eigenvalue weighted by Gasteiger charge is 2.20. The number of ether oxygens (including phenoxy) is 3. The third-order valence-electron chi connectivity index (χ3n) is 4.05. The molecule has 0 spiro atoms. The fraction of sp³-hybridized carbons (Fsp3) is 0.562. The van der Waals surface area contributed by atoms with Gasteiger partial charge < -0.3 is 24.8 Å². The first-order valence-electron chi connectivity index (χ1n) is 7.42. The van der Waals surface area contributed by atoms with E-state index in [1.165, 1.54) is 14.2 Å². The molecular weight excluding hydrogens is 284 g/mol. The van der Waals surface area contributed by atoms with Gasteiger partial charge in [-0.25, -0.2) is 4.79 Å². The summed E-state index contributed by atoms with van der Waals surface area (Å²) in [6.45, 7) is 2.81. The van der Waals surface area contributed by atoms with Crippen molar-refractivity contribution in [1.29, 1.82) is 0 Å². The lowest BCUT2D eigenvalue weighted by atomic mass is 9.98. The Morgan fingerprint density at radius 2 is 1.95 bits per heavy atom. The predicted molar refractivity (Wildman–Crippen MR) is 84.5 cm³/mol. The van der Waals surface area contributed by atoms with Gasteiger partial charge in [-0.1, -0.05) is 0 Å². The maximum Gasteiger partial charge on any atom is 0.340 e. The molecule has 0 saturated carbocycles. The Balaban J connectivity index is 2.07. The van der Waals surface area contributed by atoms with Crippen LogP contribution in [0.2, 0.25) is 0 Å². The number of nitrogens with zero attached hydrogens (tertiary/aromatic N) is 1. The molecule has 0 amide bonds. The fourth-order valence-corrected chi connectivity index (χ4v) is 2.57. The van der Waals surface area contributed by atoms with Gasteiger partial charge in [0.25, 0.3) is 0 Å². The van der Waals surface area contributed by atoms with E-state index in [-0.39, 0.29) is 5.56 Å². The Hall–Kier alpha value is -1.95. The second-order valence-electron chi connectivity index (χ2n) is 5.64. The highest BCUT2D eigenvalue weighted by Crippen LogP contribution is 2.33. The first kappa shape index (κ1) is 16.4. The lowest BCUT2D eigenvalue weighted by molar-refractivity contribution is 0.0601. The molecule has 6 nitrogen and oxygen atoms in total. The highest BCUT2D eigenvalue weighted by molar-refractivity contribution is 5.96. The normalized spacial score (nSPS) is 16.3. The number of carbonyl (C=O) groups excluding carboxylic acids is 1. The molecule has 0 aliphatic carbocycles. The molecule has 122 valence electrons. The number of methoxy groups -OCH3 is 2. The number of hydrogen-bond acceptors (Lipinski definition) is 6. The van der Waals surface area contributed by atoms with Gasteiger partial charge in [-0.15, -0.1) is 0 Å². The molecule has 2 N–H and O–H groups in total. The van der Waals surface area contributed by atoms with Gasteiger partial charge in [-0.2, -0.15) is 0 Å². The zero-order valence-corrected chi connectivity index (χ0v) is 13.4. The molecule has 1 aliphatic rings. The van der Waals surface area contributed by atoms with Crippen LogP contribution in [0.3, 0.4) is 0 Å². The molecule has 2 rings (SSSR count). The van der Waals surface area contributed by atoms with Crippen LogP contribution < -0.4 is 15.2 Å². The number of esters is 1. The van der Waals surface area contributed by atoms with Gasteiger partial charge in [-0.3, -0.25) is 0 Å². The quantitative estimate of drug-likeness (QED) is 0.660. The molecule has 1 aliphatic heterocycles. The summed E-state index contributed by atoms with van der Waals surface area (Å²) in [7, 11) is 4.99. The predicted octanol–water partition coefficient (Wildman–Crippen LogP) is 1.78. The molecule has 0 atom stereocenters. The zero-order chi connectivity index (χ0) is 16.1. The van der Waals surface area contributed by atoms with E-state index in [4.69, 9.17) is 19.9 Å². The Bertz CT molecular complexity index is 525. The van der Waals surface area contributed by atoms with Crippen LogP contribution in [0.25, 0.3) is 0 Å². The van der Waals surface area contributed by atoms with E-state index >= 15 is 0 Å². The van der Waals surface area contributed by atoms with Gasteiger partial charge in [0.1, 0.15) is 0 Å². The third-order valence-corrected chi connectivity index (χ3v) is 4.05. The van der Waals surface area contributed by atoms with E-state index in [9.17, 15) is 4.79 Å². The lowest BCUT2D eigenvalue weighted by Gasteiger charge is -2.29. The standard InChI is InChI=1S/C16H24N2O4/c1-18-6-4-11(5-7-18)10-22-15-9-13(17)12(16(19)21-3)8-14(15)20-2/h8-9,11H,4-7,10,17H2,1-3H3. The zero-order valence-electron chi connectivity index (χ0n) is 13.4. The van der Waals surface area contributed by atoms with E-state index in [0.717, 1.165) is 25.9 Å². The molecule has 1 fully saturated rings. The van der Waals surface area contributed by atoms with Gasteiger partial charge in [0.2, 0.25) is 0 Å². The van der Waals surface area contributed by atoms with Crippen LogP contribution in [0.1, 0.15) is 23.2 Å². The summed E-state index contributed by atoms with van der Waals surface area (Å²) in [6.07, 6.45) is 2.24. The Kier molecular flexibility index (Phi) is 5.49. The average Bonchev–Trinajstić information content (AvgIpc) is 2.53. The molecule has 22 heavy (non-hydrogen) atoms. The van der Waals surface area contributed by atoms with Crippen LogP contribution in [0.4, 0.5) is 5.69 Å². The smallest absolute Gasteiger partial charge is 0.340 e. The van der Waals surface area contributed by atoms with Gasteiger partial charge in [0.15, 0.2) is 11.5 Å². The number of piperidine rings is 1. The van der Waals surface area contributed by atoms with Crippen molar-refractivity contribution in [1.82, 2.24) is 4.90 Å². The molecule has 6 heteroatoms. The van der Waals surface area contributed by atoms with E-state index in [1.807, 2.05) is 0 Å². The van der Waals surface area contributed by atoms with Crippen molar-refractivity contribution in [3.8, 4) is 11.5 Å². The van der Waals surface area contributed by atoms with Crippen LogP contribution in [0.5, 0.6) is 11.5 Å². The first-order valence-corrected chi connectivity index (χ1v) is 7.42. The minimum Gasteiger partial charge on any atom is -0.493 e. The Morgan fingerprint density at radius 3 is 2.55 bits per heavy atom. The number of carbonyl (C=O) groups is 1. The van der Waals surface area contributed by atoms with Crippen molar-refractivity contribution < 1.29 is 19.0 Å². The molecule has 0 radical (unpaired) electrons. The highest BCUT2D eigenvalue weighted by atomic mass is 16.5. The van der Waals surface area contributed by atoms with Gasteiger partial charge >= 0.3 is 5.97 Å². The fourth-order valence-electron chi connectivity index (χ4n) is 2.57. The van der Waals surface area contributed by atoms with Crippen molar-refractivity contribution in [3.63, 3.8) is 0 Å². The van der Waals surface area contributed by atoms with E-state index in [1.54, 1.807) is 12.1 Å². The summed E-state index contributed by atoms with van der Waals surface area (Å²) in [5, 5.41) is 0. The summed E-state index contributed by atoms with van der Waals surface area (Å²) >= 11 is 0. The summed E-state index contributed by atoms with van der Waals surface area (Å²) in [6, 6.07) is 3.19. The van der Waals surface area contributed by atoms with E-state index in [2.05, 4.69) is 11.9 Å². The van der Waals surface area contributed by atoms with Crippen LogP contribution in [0.15, 0.2) is 12.1 Å². The monoisotopic (exact) mass is 308 g/mol. The topological polar surface area (TPSA) is 74.0 Å². The van der Waals surface area contributed by atoms with Crippen LogP contribution >= 0.6 is 0 Å². The SMILES string of the molecule is COC(=O)c1cc(OC)c(OCC2CCN(C)CC2)cc1N. The largest absolute Gasteiger partial charge is 0.493 e. The first-order chi connectivity index (χ1) is 10.5. The average molecular weight is 308 g/mol. The summed E-state index contributed by atoms with van der Waals surface area (Å²) in [5.41, 5.74) is 6.51. The third kappa shape index (κ3) is 3.82. The van der Waals surface area contributed by atoms with Crippen molar-refractivity contribution in [2.75, 3.05) is 46.7 Å². The number of nitrogens with two attached hydrogens (primary N) is 1. The molecule has 1 saturated heterocycles. The number of nitrogen functional groups attached to an aromatic ring is 1. The van der Waals surface area contributed by atoms with Crippen molar-refractivity contribution in [3.05, 3.63) is 17.7 Å². The maximum atomic E-state index is 11.6. The van der Waals surface area contributed by atoms with E-state index in [0.29, 0.717) is 29.7 Å². The molecule has 0 bridgehead atoms. The second-order valence-corrected chi connectivity index (χ2v) is 5.64. The second kappa shape index (κ2) is 7.35. The maximum absolute atomic E-state index is 11.6. The number of benzene rings is 1. The minimum absolute atomic E-state index is 0.283. The van der Waals surface area contributed by atoms with Crippen LogP contribution in [-0.4, -0.2) is 51.8 Å². The molecule has 1 heterocycles. The van der Waals surface area contributed by atoms with Gasteiger partial charge in [0.05, 0.1) is 32.1 Å². The lowest BCUT2D eigenvalue weighted by Crippen LogP contribution is -2.32. The molecule has 0 unspecified atom stereocenters. The number of likely N-dealkylation sites (tertiary alicyclic amines) is 1. The van der Waals surface area contributed by atoms with Crippen molar-refractivity contribution in [2.24, 2.45) is 5.92 Å². The summed E-state index contributed by atoms with van der Waals surface area (Å²) < 4.78 is 15.9. The van der Waals surface area contributed by atoms with Crippen molar-refractivity contribution in [2.45, 2.75) is 12.8 Å². The van der Waals surface area contributed by atoms with E-state index < -0.39 is 5.97 Å². The Morgan fingerprint density at radius 1 is 1.27 bits per heavy atom. The molecule has 0 aromatic heterocycles. The van der Waals surface area contributed by atoms with Crippen LogP contribution in [0, 0.1) is 5.92 Å². The number of anilines is 1. The van der Waals surface area contributed by atoms with Gasteiger partial charge in [0, 0.05) is 12.1 Å². The number of hydrogen-bond donors (Lipinski definition) is 1. The number of rotatable bonds is 5. The molecule has 1 aromatic rings. The van der Waals surface area contributed by atoms with Gasteiger partial charge in [-0.05, 0) is 38.9 Å². The molecule has 1 aromatic carbocycles. The Labute approximate surface area is 131 Å². The summed E-state index contributed by atoms with van der Waals surface area (Å²) in [4.78, 5) is 14.0.